The van der Waals surface area contributed by atoms with Crippen LogP contribution in [0, 0.1) is 16.0 Å². The van der Waals surface area contributed by atoms with Gasteiger partial charge in [-0.1, -0.05) is 24.4 Å². The predicted octanol–water partition coefficient (Wildman–Crippen LogP) is 2.99. The van der Waals surface area contributed by atoms with Crippen LogP contribution in [0.1, 0.15) is 32.1 Å². The number of carbonyl (C=O) groups excluding carboxylic acids is 2. The molecule has 2 fully saturated rings. The number of non-ortho nitro benzene ring substituents is 1. The molecule has 1 heterocycles. The number of rotatable bonds is 5. The minimum atomic E-state index is -0.550. The van der Waals surface area contributed by atoms with Gasteiger partial charge in [-0.2, -0.15) is 0 Å². The fourth-order valence-corrected chi connectivity index (χ4v) is 4.44. The average molecular weight is 396 g/mol. The first-order valence-corrected chi connectivity index (χ1v) is 9.36. The van der Waals surface area contributed by atoms with Gasteiger partial charge in [-0.25, -0.2) is 0 Å². The molecule has 0 aromatic heterocycles. The summed E-state index contributed by atoms with van der Waals surface area (Å²) in [6.45, 7) is 0.0499. The summed E-state index contributed by atoms with van der Waals surface area (Å²) in [6, 6.07) is 3.67. The number of amides is 1. The second kappa shape index (κ2) is 8.22. The number of carbonyl (C=O) groups is 2. The number of fused-ring (bicyclic) bond motifs is 1. The van der Waals surface area contributed by atoms with E-state index in [4.69, 9.17) is 16.3 Å². The quantitative estimate of drug-likeness (QED) is 0.467. The van der Waals surface area contributed by atoms with Crippen molar-refractivity contribution in [2.24, 2.45) is 5.92 Å². The van der Waals surface area contributed by atoms with E-state index >= 15 is 0 Å². The third kappa shape index (κ3) is 4.22. The van der Waals surface area contributed by atoms with Crippen molar-refractivity contribution < 1.29 is 19.2 Å². The summed E-state index contributed by atoms with van der Waals surface area (Å²) in [5.74, 6) is -0.227. The molecule has 1 aliphatic carbocycles. The van der Waals surface area contributed by atoms with Crippen molar-refractivity contribution in [2.75, 3.05) is 19.0 Å². The third-order valence-corrected chi connectivity index (χ3v) is 5.77. The molecule has 1 saturated carbocycles. The van der Waals surface area contributed by atoms with Crippen molar-refractivity contribution in [3.8, 4) is 0 Å². The fraction of sp³-hybridized carbons (Fsp3) is 0.556. The van der Waals surface area contributed by atoms with Crippen molar-refractivity contribution in [1.82, 2.24) is 4.90 Å². The Morgan fingerprint density at radius 3 is 2.78 bits per heavy atom. The largest absolute Gasteiger partial charge is 0.468 e. The summed E-state index contributed by atoms with van der Waals surface area (Å²) in [6.07, 6.45) is 4.96. The number of hydrogen-bond donors (Lipinski definition) is 1. The van der Waals surface area contributed by atoms with Gasteiger partial charge in [0.1, 0.15) is 6.04 Å². The van der Waals surface area contributed by atoms with E-state index in [1.165, 1.54) is 25.3 Å². The molecular weight excluding hydrogens is 374 g/mol. The van der Waals surface area contributed by atoms with E-state index in [-0.39, 0.29) is 35.2 Å². The minimum absolute atomic E-state index is 0.0499. The summed E-state index contributed by atoms with van der Waals surface area (Å²) in [7, 11) is 1.36. The molecule has 0 unspecified atom stereocenters. The molecule has 27 heavy (non-hydrogen) atoms. The van der Waals surface area contributed by atoms with E-state index in [2.05, 4.69) is 5.32 Å². The van der Waals surface area contributed by atoms with E-state index in [9.17, 15) is 19.7 Å². The van der Waals surface area contributed by atoms with Gasteiger partial charge in [0.25, 0.3) is 5.69 Å². The highest BCUT2D eigenvalue weighted by Crippen LogP contribution is 2.40. The molecule has 1 saturated heterocycles. The zero-order valence-electron chi connectivity index (χ0n) is 15.0. The number of nitrogens with zero attached hydrogens (tertiary/aromatic N) is 2. The Labute approximate surface area is 162 Å². The number of likely N-dealkylation sites (tertiary alicyclic amines) is 1. The van der Waals surface area contributed by atoms with E-state index in [0.29, 0.717) is 18.0 Å². The van der Waals surface area contributed by atoms with Gasteiger partial charge in [0.05, 0.1) is 29.3 Å². The summed E-state index contributed by atoms with van der Waals surface area (Å²) >= 11 is 6.04. The monoisotopic (exact) mass is 395 g/mol. The number of hydrogen-bond acceptors (Lipinski definition) is 6. The van der Waals surface area contributed by atoms with Gasteiger partial charge in [0.2, 0.25) is 5.91 Å². The Kier molecular flexibility index (Phi) is 5.96. The van der Waals surface area contributed by atoms with Crippen molar-refractivity contribution in [2.45, 2.75) is 44.2 Å². The highest BCUT2D eigenvalue weighted by atomic mass is 35.5. The second-order valence-electron chi connectivity index (χ2n) is 7.03. The van der Waals surface area contributed by atoms with E-state index < -0.39 is 11.0 Å². The van der Waals surface area contributed by atoms with Crippen LogP contribution in [-0.2, 0) is 14.3 Å². The van der Waals surface area contributed by atoms with Gasteiger partial charge < -0.3 is 10.1 Å². The molecule has 3 rings (SSSR count). The lowest BCUT2D eigenvalue weighted by Crippen LogP contribution is -2.46. The van der Waals surface area contributed by atoms with Crippen LogP contribution in [0.15, 0.2) is 18.2 Å². The molecule has 1 N–H and O–H groups in total. The summed E-state index contributed by atoms with van der Waals surface area (Å²) in [4.78, 5) is 36.9. The van der Waals surface area contributed by atoms with Gasteiger partial charge in [0, 0.05) is 18.2 Å². The molecule has 9 heteroatoms. The van der Waals surface area contributed by atoms with Crippen LogP contribution in [0.4, 0.5) is 11.4 Å². The van der Waals surface area contributed by atoms with Crippen molar-refractivity contribution in [1.29, 1.82) is 0 Å². The molecule has 1 aromatic rings. The highest BCUT2D eigenvalue weighted by Gasteiger charge is 2.46. The molecule has 1 aromatic carbocycles. The molecule has 1 amide bonds. The van der Waals surface area contributed by atoms with Gasteiger partial charge in [-0.3, -0.25) is 24.6 Å². The first-order chi connectivity index (χ1) is 12.9. The van der Waals surface area contributed by atoms with Crippen LogP contribution in [0.3, 0.4) is 0 Å². The predicted molar refractivity (Wildman–Crippen MR) is 99.6 cm³/mol. The summed E-state index contributed by atoms with van der Waals surface area (Å²) < 4.78 is 4.93. The number of benzene rings is 1. The van der Waals surface area contributed by atoms with Gasteiger partial charge >= 0.3 is 5.97 Å². The standard InChI is InChI=1S/C18H22ClN3O5/c1-27-18(24)16-8-11-4-2-3-5-15(11)21(16)10-17(23)20-14-7-6-12(22(25)26)9-13(14)19/h6-7,9,11,15-16H,2-5,8,10H2,1H3,(H,20,23)/t11-,15+,16-/m1/s1. The third-order valence-electron chi connectivity index (χ3n) is 5.46. The van der Waals surface area contributed by atoms with Crippen LogP contribution >= 0.6 is 11.6 Å². The van der Waals surface area contributed by atoms with Crippen molar-refractivity contribution in [3.05, 3.63) is 33.3 Å². The lowest BCUT2D eigenvalue weighted by atomic mass is 9.85. The van der Waals surface area contributed by atoms with E-state index in [1.54, 1.807) is 0 Å². The normalized spacial score (nSPS) is 24.9. The molecule has 8 nitrogen and oxygen atoms in total. The first kappa shape index (κ1) is 19.6. The molecule has 0 spiro atoms. The average Bonchev–Trinajstić information content (AvgIpc) is 3.01. The Balaban J connectivity index is 1.71. The number of nitro benzene ring substituents is 1. The number of ether oxygens (including phenoxy) is 1. The summed E-state index contributed by atoms with van der Waals surface area (Å²) in [5, 5.41) is 13.6. The minimum Gasteiger partial charge on any atom is -0.468 e. The zero-order chi connectivity index (χ0) is 19.6. The Hall–Kier alpha value is -2.19. The smallest absolute Gasteiger partial charge is 0.323 e. The Morgan fingerprint density at radius 1 is 1.37 bits per heavy atom. The van der Waals surface area contributed by atoms with Gasteiger partial charge in [0.15, 0.2) is 0 Å². The SMILES string of the molecule is COC(=O)[C@H]1C[C@H]2CCCC[C@@H]2N1CC(=O)Nc1ccc([N+](=O)[O-])cc1Cl. The van der Waals surface area contributed by atoms with E-state index in [1.807, 2.05) is 4.90 Å². The number of anilines is 1. The zero-order valence-corrected chi connectivity index (χ0v) is 15.8. The van der Waals surface area contributed by atoms with Gasteiger partial charge in [-0.05, 0) is 31.2 Å². The molecule has 3 atom stereocenters. The van der Waals surface area contributed by atoms with Crippen molar-refractivity contribution in [3.63, 3.8) is 0 Å². The maximum absolute atomic E-state index is 12.6. The second-order valence-corrected chi connectivity index (χ2v) is 7.44. The topological polar surface area (TPSA) is 102 Å². The number of nitrogens with one attached hydrogen (secondary N) is 1. The molecule has 2 aliphatic rings. The van der Waals surface area contributed by atoms with Crippen LogP contribution < -0.4 is 5.32 Å². The Bertz CT molecular complexity index is 757. The van der Waals surface area contributed by atoms with Crippen molar-refractivity contribution >= 4 is 34.9 Å². The van der Waals surface area contributed by atoms with Crippen LogP contribution in [0.5, 0.6) is 0 Å². The number of halogens is 1. The van der Waals surface area contributed by atoms with Crippen LogP contribution in [0.25, 0.3) is 0 Å². The lowest BCUT2D eigenvalue weighted by molar-refractivity contribution is -0.384. The Morgan fingerprint density at radius 2 is 2.11 bits per heavy atom. The molecule has 0 bridgehead atoms. The molecule has 146 valence electrons. The van der Waals surface area contributed by atoms with Crippen LogP contribution in [-0.4, -0.2) is 47.4 Å². The molecule has 0 radical (unpaired) electrons. The summed E-state index contributed by atoms with van der Waals surface area (Å²) in [5.41, 5.74) is 0.162. The van der Waals surface area contributed by atoms with Crippen LogP contribution in [0.2, 0.25) is 5.02 Å². The first-order valence-electron chi connectivity index (χ1n) is 8.98. The lowest BCUT2D eigenvalue weighted by Gasteiger charge is -2.32. The highest BCUT2D eigenvalue weighted by molar-refractivity contribution is 6.34. The molecular formula is C18H22ClN3O5. The van der Waals surface area contributed by atoms with Gasteiger partial charge in [-0.15, -0.1) is 0 Å². The number of nitro groups is 1. The maximum Gasteiger partial charge on any atom is 0.323 e. The van der Waals surface area contributed by atoms with E-state index in [0.717, 1.165) is 25.7 Å². The fourth-order valence-electron chi connectivity index (χ4n) is 4.22. The maximum atomic E-state index is 12.6. The number of esters is 1. The molecule has 1 aliphatic heterocycles. The number of methoxy groups -OCH3 is 1.